The van der Waals surface area contributed by atoms with E-state index in [4.69, 9.17) is 4.74 Å². The van der Waals surface area contributed by atoms with Gasteiger partial charge < -0.3 is 19.9 Å². The van der Waals surface area contributed by atoms with E-state index in [-0.39, 0.29) is 23.9 Å². The fourth-order valence-corrected chi connectivity index (χ4v) is 3.67. The predicted octanol–water partition coefficient (Wildman–Crippen LogP) is 1.13. The zero-order valence-electron chi connectivity index (χ0n) is 14.4. The fraction of sp³-hybridized carbons (Fsp3) is 0.824. The lowest BCUT2D eigenvalue weighted by Crippen LogP contribution is -2.54. The predicted molar refractivity (Wildman–Crippen MR) is 87.2 cm³/mol. The number of rotatable bonds is 4. The molecule has 3 amide bonds. The number of piperazine rings is 1. The Morgan fingerprint density at radius 2 is 1.62 bits per heavy atom. The third-order valence-electron chi connectivity index (χ3n) is 5.38. The normalized spacial score (nSPS) is 23.0. The average molecular weight is 337 g/mol. The molecule has 7 nitrogen and oxygen atoms in total. The summed E-state index contributed by atoms with van der Waals surface area (Å²) in [5, 5.41) is 3.07. The van der Waals surface area contributed by atoms with Gasteiger partial charge in [-0.1, -0.05) is 12.8 Å². The second-order valence-electron chi connectivity index (χ2n) is 7.02. The largest absolute Gasteiger partial charge is 0.450 e. The van der Waals surface area contributed by atoms with Crippen molar-refractivity contribution in [1.82, 2.24) is 15.1 Å². The minimum Gasteiger partial charge on any atom is -0.450 e. The Balaban J connectivity index is 1.53. The number of ether oxygens (including phenoxy) is 1. The molecule has 3 rings (SSSR count). The van der Waals surface area contributed by atoms with Crippen LogP contribution in [0.5, 0.6) is 0 Å². The summed E-state index contributed by atoms with van der Waals surface area (Å²) in [5.41, 5.74) is -0.839. The summed E-state index contributed by atoms with van der Waals surface area (Å²) in [6.45, 7) is 3.99. The Kier molecular flexibility index (Phi) is 4.96. The van der Waals surface area contributed by atoms with Gasteiger partial charge >= 0.3 is 6.09 Å². The molecule has 1 heterocycles. The van der Waals surface area contributed by atoms with E-state index >= 15 is 0 Å². The van der Waals surface area contributed by atoms with Gasteiger partial charge in [-0.25, -0.2) is 4.79 Å². The van der Waals surface area contributed by atoms with Crippen LogP contribution in [0.3, 0.4) is 0 Å². The van der Waals surface area contributed by atoms with Crippen molar-refractivity contribution in [3.05, 3.63) is 0 Å². The quantitative estimate of drug-likeness (QED) is 0.780. The molecule has 0 unspecified atom stereocenters. The second kappa shape index (κ2) is 6.99. The molecule has 0 bridgehead atoms. The molecule has 7 heteroatoms. The van der Waals surface area contributed by atoms with Crippen molar-refractivity contribution in [2.24, 2.45) is 5.41 Å². The number of hydrogen-bond acceptors (Lipinski definition) is 4. The summed E-state index contributed by atoms with van der Waals surface area (Å²) < 4.78 is 4.99. The Bertz CT molecular complexity index is 504. The molecule has 0 aromatic carbocycles. The Labute approximate surface area is 142 Å². The first-order valence-corrected chi connectivity index (χ1v) is 9.09. The summed E-state index contributed by atoms with van der Waals surface area (Å²) >= 11 is 0. The molecule has 2 saturated carbocycles. The molecule has 3 aliphatic rings. The van der Waals surface area contributed by atoms with Crippen LogP contribution < -0.4 is 5.32 Å². The van der Waals surface area contributed by atoms with Crippen molar-refractivity contribution in [1.29, 1.82) is 0 Å². The fourth-order valence-electron chi connectivity index (χ4n) is 3.67. The van der Waals surface area contributed by atoms with Crippen molar-refractivity contribution < 1.29 is 19.1 Å². The van der Waals surface area contributed by atoms with Crippen molar-refractivity contribution in [2.45, 2.75) is 51.5 Å². The summed E-state index contributed by atoms with van der Waals surface area (Å²) in [7, 11) is 0. The molecule has 24 heavy (non-hydrogen) atoms. The van der Waals surface area contributed by atoms with E-state index < -0.39 is 5.41 Å². The van der Waals surface area contributed by atoms with Gasteiger partial charge in [0.1, 0.15) is 5.41 Å². The topological polar surface area (TPSA) is 79.0 Å². The monoisotopic (exact) mass is 337 g/mol. The first-order valence-electron chi connectivity index (χ1n) is 9.09. The van der Waals surface area contributed by atoms with E-state index in [1.807, 2.05) is 0 Å². The first-order chi connectivity index (χ1) is 11.6. The Morgan fingerprint density at radius 1 is 1.04 bits per heavy atom. The number of amides is 3. The zero-order valence-corrected chi connectivity index (χ0v) is 14.4. The van der Waals surface area contributed by atoms with Crippen LogP contribution >= 0.6 is 0 Å². The van der Waals surface area contributed by atoms with Crippen LogP contribution in [0.1, 0.15) is 45.4 Å². The van der Waals surface area contributed by atoms with E-state index in [1.54, 1.807) is 16.7 Å². The SMILES string of the molecule is CCOC(=O)N1CCN(C(=O)C2(C(=O)NC3CCCC3)CC2)CC1. The molecule has 0 aromatic rings. The molecule has 2 aliphatic carbocycles. The lowest BCUT2D eigenvalue weighted by Gasteiger charge is -2.35. The molecule has 0 radical (unpaired) electrons. The molecule has 134 valence electrons. The van der Waals surface area contributed by atoms with Crippen LogP contribution in [0.2, 0.25) is 0 Å². The van der Waals surface area contributed by atoms with Gasteiger partial charge in [0.25, 0.3) is 0 Å². The summed E-state index contributed by atoms with van der Waals surface area (Å²) in [4.78, 5) is 40.5. The molecule has 0 spiro atoms. The highest BCUT2D eigenvalue weighted by molar-refractivity contribution is 6.08. The van der Waals surface area contributed by atoms with Crippen molar-refractivity contribution >= 4 is 17.9 Å². The van der Waals surface area contributed by atoms with Gasteiger partial charge in [-0.05, 0) is 32.6 Å². The molecule has 0 atom stereocenters. The molecule has 1 N–H and O–H groups in total. The van der Waals surface area contributed by atoms with E-state index in [0.717, 1.165) is 25.7 Å². The molecule has 1 saturated heterocycles. The van der Waals surface area contributed by atoms with Crippen LogP contribution in [-0.2, 0) is 14.3 Å². The maximum absolute atomic E-state index is 12.8. The maximum atomic E-state index is 12.8. The van der Waals surface area contributed by atoms with Crippen molar-refractivity contribution in [2.75, 3.05) is 32.8 Å². The number of carbonyl (C=O) groups excluding carboxylic acids is 3. The minimum atomic E-state index is -0.839. The van der Waals surface area contributed by atoms with Crippen LogP contribution in [0.4, 0.5) is 4.79 Å². The van der Waals surface area contributed by atoms with E-state index in [9.17, 15) is 14.4 Å². The highest BCUT2D eigenvalue weighted by Crippen LogP contribution is 2.48. The molecule has 0 aromatic heterocycles. The van der Waals surface area contributed by atoms with Crippen molar-refractivity contribution in [3.63, 3.8) is 0 Å². The highest BCUT2D eigenvalue weighted by atomic mass is 16.6. The van der Waals surface area contributed by atoms with Gasteiger partial charge in [0.2, 0.25) is 11.8 Å². The molecule has 3 fully saturated rings. The summed E-state index contributed by atoms with van der Waals surface area (Å²) in [6.07, 6.45) is 5.31. The number of hydrogen-bond donors (Lipinski definition) is 1. The molecular weight excluding hydrogens is 310 g/mol. The van der Waals surface area contributed by atoms with Crippen LogP contribution in [0.15, 0.2) is 0 Å². The highest BCUT2D eigenvalue weighted by Gasteiger charge is 2.58. The van der Waals surface area contributed by atoms with Gasteiger partial charge in [0, 0.05) is 32.2 Å². The van der Waals surface area contributed by atoms with Crippen LogP contribution in [0, 0.1) is 5.41 Å². The zero-order chi connectivity index (χ0) is 17.2. The number of nitrogens with zero attached hydrogens (tertiary/aromatic N) is 2. The number of carbonyl (C=O) groups is 3. The second-order valence-corrected chi connectivity index (χ2v) is 7.02. The molecule has 1 aliphatic heterocycles. The molecular formula is C17H27N3O4. The van der Waals surface area contributed by atoms with Gasteiger partial charge in [-0.3, -0.25) is 9.59 Å². The number of nitrogens with one attached hydrogen (secondary N) is 1. The van der Waals surface area contributed by atoms with Gasteiger partial charge in [0.15, 0.2) is 0 Å². The van der Waals surface area contributed by atoms with E-state index in [1.165, 1.54) is 0 Å². The van der Waals surface area contributed by atoms with Gasteiger partial charge in [-0.2, -0.15) is 0 Å². The Morgan fingerprint density at radius 3 is 2.17 bits per heavy atom. The third-order valence-corrected chi connectivity index (χ3v) is 5.38. The van der Waals surface area contributed by atoms with E-state index in [0.29, 0.717) is 45.6 Å². The first kappa shape index (κ1) is 17.0. The smallest absolute Gasteiger partial charge is 0.409 e. The lowest BCUT2D eigenvalue weighted by molar-refractivity contribution is -0.145. The van der Waals surface area contributed by atoms with Gasteiger partial charge in [0.05, 0.1) is 6.61 Å². The maximum Gasteiger partial charge on any atom is 0.409 e. The van der Waals surface area contributed by atoms with Crippen LogP contribution in [-0.4, -0.2) is 66.5 Å². The van der Waals surface area contributed by atoms with Crippen molar-refractivity contribution in [3.8, 4) is 0 Å². The third kappa shape index (κ3) is 3.35. The standard InChI is InChI=1S/C17H27N3O4/c1-2-24-16(23)20-11-9-19(10-12-20)15(22)17(7-8-17)14(21)18-13-5-3-4-6-13/h13H,2-12H2,1H3,(H,18,21). The average Bonchev–Trinajstić information content (AvgIpc) is 3.26. The lowest BCUT2D eigenvalue weighted by atomic mass is 10.0. The van der Waals surface area contributed by atoms with Crippen LogP contribution in [0.25, 0.3) is 0 Å². The van der Waals surface area contributed by atoms with E-state index in [2.05, 4.69) is 5.32 Å². The minimum absolute atomic E-state index is 0.0681. The summed E-state index contributed by atoms with van der Waals surface area (Å²) in [6, 6.07) is 0.239. The Hall–Kier alpha value is -1.79. The van der Waals surface area contributed by atoms with Gasteiger partial charge in [-0.15, -0.1) is 0 Å². The summed E-state index contributed by atoms with van der Waals surface area (Å²) in [5.74, 6) is -0.159.